The van der Waals surface area contributed by atoms with Crippen LogP contribution in [-0.4, -0.2) is 52.6 Å². The SMILES string of the molecule is C[C@@]12C(=O)N([C@H](CCCN)C(=O)O)C(=O)[C@]1(C)[C@H]1CC[C@@H]2O1. The van der Waals surface area contributed by atoms with Crippen LogP contribution in [0.15, 0.2) is 0 Å². The topological polar surface area (TPSA) is 110 Å². The number of carbonyl (C=O) groups excluding carboxylic acids is 2. The molecule has 0 spiro atoms. The molecule has 3 rings (SSSR count). The number of nitrogens with zero attached hydrogens (tertiary/aromatic N) is 1. The minimum Gasteiger partial charge on any atom is -0.480 e. The van der Waals surface area contributed by atoms with E-state index in [4.69, 9.17) is 10.5 Å². The number of carbonyl (C=O) groups is 3. The van der Waals surface area contributed by atoms with Crippen LogP contribution in [0, 0.1) is 10.8 Å². The maximum Gasteiger partial charge on any atom is 0.326 e. The van der Waals surface area contributed by atoms with Crippen LogP contribution >= 0.6 is 0 Å². The highest BCUT2D eigenvalue weighted by Crippen LogP contribution is 2.64. The maximum atomic E-state index is 13.0. The Bertz CT molecular complexity index is 516. The molecule has 0 aromatic carbocycles. The molecule has 3 saturated heterocycles. The summed E-state index contributed by atoms with van der Waals surface area (Å²) in [6.45, 7) is 3.82. The number of carboxylic acid groups (broad SMARTS) is 1. The quantitative estimate of drug-likeness (QED) is 0.698. The van der Waals surface area contributed by atoms with E-state index in [9.17, 15) is 19.5 Å². The van der Waals surface area contributed by atoms with E-state index in [1.54, 1.807) is 13.8 Å². The Kier molecular flexibility index (Phi) is 3.34. The maximum absolute atomic E-state index is 13.0. The van der Waals surface area contributed by atoms with E-state index in [1.807, 2.05) is 0 Å². The molecule has 2 amide bonds. The lowest BCUT2D eigenvalue weighted by Crippen LogP contribution is -2.48. The van der Waals surface area contributed by atoms with E-state index >= 15 is 0 Å². The molecule has 0 aliphatic carbocycles. The summed E-state index contributed by atoms with van der Waals surface area (Å²) >= 11 is 0. The monoisotopic (exact) mass is 310 g/mol. The van der Waals surface area contributed by atoms with Gasteiger partial charge in [0.25, 0.3) is 0 Å². The lowest BCUT2D eigenvalue weighted by atomic mass is 9.59. The van der Waals surface area contributed by atoms with Crippen LogP contribution in [0.25, 0.3) is 0 Å². The van der Waals surface area contributed by atoms with E-state index in [1.165, 1.54) is 0 Å². The number of imide groups is 1. The molecule has 3 N–H and O–H groups in total. The fraction of sp³-hybridized carbons (Fsp3) is 0.800. The number of likely N-dealkylation sites (tertiary alicyclic amines) is 1. The first-order valence-electron chi connectivity index (χ1n) is 7.76. The van der Waals surface area contributed by atoms with Gasteiger partial charge in [-0.3, -0.25) is 14.5 Å². The van der Waals surface area contributed by atoms with Crippen molar-refractivity contribution in [3.63, 3.8) is 0 Å². The molecular formula is C15H22N2O5. The first kappa shape index (κ1) is 15.4. The second kappa shape index (κ2) is 4.76. The van der Waals surface area contributed by atoms with Gasteiger partial charge in [-0.1, -0.05) is 0 Å². The lowest BCUT2D eigenvalue weighted by molar-refractivity contribution is -0.158. The van der Waals surface area contributed by atoms with Crippen LogP contribution in [0.5, 0.6) is 0 Å². The van der Waals surface area contributed by atoms with Gasteiger partial charge in [0.05, 0.1) is 23.0 Å². The smallest absolute Gasteiger partial charge is 0.326 e. The molecule has 3 heterocycles. The number of aliphatic carboxylic acids is 1. The normalized spacial score (nSPS) is 41.1. The Labute approximate surface area is 128 Å². The molecule has 22 heavy (non-hydrogen) atoms. The Hall–Kier alpha value is -1.47. The van der Waals surface area contributed by atoms with Crippen molar-refractivity contribution in [2.24, 2.45) is 16.6 Å². The predicted molar refractivity (Wildman–Crippen MR) is 75.7 cm³/mol. The third-order valence-electron chi connectivity index (χ3n) is 5.99. The van der Waals surface area contributed by atoms with Gasteiger partial charge in [-0.2, -0.15) is 0 Å². The number of hydrogen-bond donors (Lipinski definition) is 2. The van der Waals surface area contributed by atoms with Crippen molar-refractivity contribution in [1.29, 1.82) is 0 Å². The molecule has 3 aliphatic rings. The van der Waals surface area contributed by atoms with Crippen molar-refractivity contribution >= 4 is 17.8 Å². The zero-order valence-electron chi connectivity index (χ0n) is 12.9. The number of fused-ring (bicyclic) bond motifs is 5. The molecule has 0 saturated carbocycles. The Balaban J connectivity index is 2.00. The van der Waals surface area contributed by atoms with Gasteiger partial charge in [0.2, 0.25) is 11.8 Å². The van der Waals surface area contributed by atoms with Gasteiger partial charge in [0, 0.05) is 0 Å². The standard InChI is InChI=1S/C15H22N2O5/c1-14-9-5-6-10(22-9)15(14,2)13(21)17(12(14)20)8(11(18)19)4-3-7-16/h8-10H,3-7,16H2,1-2H3,(H,18,19)/t8-,9-,10+,14+,15-/m1/s1. The van der Waals surface area contributed by atoms with Crippen LogP contribution in [0.1, 0.15) is 39.5 Å². The van der Waals surface area contributed by atoms with Gasteiger partial charge in [-0.05, 0) is 46.1 Å². The van der Waals surface area contributed by atoms with Crippen LogP contribution in [0.4, 0.5) is 0 Å². The van der Waals surface area contributed by atoms with Crippen molar-refractivity contribution in [2.45, 2.75) is 57.8 Å². The molecule has 0 aromatic heterocycles. The molecule has 122 valence electrons. The van der Waals surface area contributed by atoms with Crippen molar-refractivity contribution < 1.29 is 24.2 Å². The molecule has 0 unspecified atom stereocenters. The minimum atomic E-state index is -1.16. The Morgan fingerprint density at radius 3 is 2.23 bits per heavy atom. The predicted octanol–water partition coefficient (Wildman–Crippen LogP) is 0.121. The molecule has 5 atom stereocenters. The number of amides is 2. The highest BCUT2D eigenvalue weighted by atomic mass is 16.5. The summed E-state index contributed by atoms with van der Waals surface area (Å²) in [5.74, 6) is -1.97. The van der Waals surface area contributed by atoms with Crippen LogP contribution in [0.2, 0.25) is 0 Å². The molecule has 7 nitrogen and oxygen atoms in total. The summed E-state index contributed by atoms with van der Waals surface area (Å²) < 4.78 is 5.82. The lowest BCUT2D eigenvalue weighted by Gasteiger charge is -2.36. The second-order valence-corrected chi connectivity index (χ2v) is 6.86. The van der Waals surface area contributed by atoms with E-state index < -0.39 is 34.7 Å². The van der Waals surface area contributed by atoms with Gasteiger partial charge in [0.1, 0.15) is 6.04 Å². The summed E-state index contributed by atoms with van der Waals surface area (Å²) in [5.41, 5.74) is 3.53. The molecule has 3 fully saturated rings. The summed E-state index contributed by atoms with van der Waals surface area (Å²) in [4.78, 5) is 38.5. The second-order valence-electron chi connectivity index (χ2n) is 6.86. The minimum absolute atomic E-state index is 0.186. The molecule has 0 radical (unpaired) electrons. The number of hydrogen-bond acceptors (Lipinski definition) is 5. The first-order valence-corrected chi connectivity index (χ1v) is 7.76. The zero-order chi connectivity index (χ0) is 16.3. The average Bonchev–Trinajstić information content (AvgIpc) is 3.08. The van der Waals surface area contributed by atoms with Crippen LogP contribution < -0.4 is 5.73 Å². The van der Waals surface area contributed by atoms with Crippen LogP contribution in [-0.2, 0) is 19.1 Å². The third kappa shape index (κ3) is 1.55. The van der Waals surface area contributed by atoms with Crippen molar-refractivity contribution in [3.05, 3.63) is 0 Å². The summed E-state index contributed by atoms with van der Waals surface area (Å²) in [7, 11) is 0. The zero-order valence-corrected chi connectivity index (χ0v) is 12.9. The van der Waals surface area contributed by atoms with Crippen LogP contribution in [0.3, 0.4) is 0 Å². The van der Waals surface area contributed by atoms with Gasteiger partial charge in [-0.25, -0.2) is 4.79 Å². The van der Waals surface area contributed by atoms with Crippen molar-refractivity contribution in [3.8, 4) is 0 Å². The van der Waals surface area contributed by atoms with Gasteiger partial charge in [0.15, 0.2) is 0 Å². The average molecular weight is 310 g/mol. The fourth-order valence-electron chi connectivity index (χ4n) is 4.43. The summed E-state index contributed by atoms with van der Waals surface area (Å²) in [6, 6.07) is -1.14. The highest BCUT2D eigenvalue weighted by molar-refractivity contribution is 6.12. The van der Waals surface area contributed by atoms with Gasteiger partial charge in [-0.15, -0.1) is 0 Å². The number of nitrogens with two attached hydrogens (primary N) is 1. The highest BCUT2D eigenvalue weighted by Gasteiger charge is 2.77. The van der Waals surface area contributed by atoms with E-state index in [0.29, 0.717) is 13.0 Å². The molecule has 3 aliphatic heterocycles. The molecule has 2 bridgehead atoms. The largest absolute Gasteiger partial charge is 0.480 e. The van der Waals surface area contributed by atoms with E-state index in [0.717, 1.165) is 17.7 Å². The Morgan fingerprint density at radius 1 is 1.32 bits per heavy atom. The third-order valence-corrected chi connectivity index (χ3v) is 5.99. The number of ether oxygens (including phenoxy) is 1. The molecular weight excluding hydrogens is 288 g/mol. The van der Waals surface area contributed by atoms with Crippen molar-refractivity contribution in [2.75, 3.05) is 6.54 Å². The summed E-state index contributed by atoms with van der Waals surface area (Å²) in [5, 5.41) is 9.46. The van der Waals surface area contributed by atoms with Gasteiger partial charge < -0.3 is 15.6 Å². The first-order chi connectivity index (χ1) is 10.3. The van der Waals surface area contributed by atoms with E-state index in [2.05, 4.69) is 0 Å². The Morgan fingerprint density at radius 2 is 1.82 bits per heavy atom. The number of rotatable bonds is 5. The molecule has 7 heteroatoms. The fourth-order valence-corrected chi connectivity index (χ4v) is 4.43. The summed E-state index contributed by atoms with van der Waals surface area (Å²) in [6.07, 6.45) is 1.52. The van der Waals surface area contributed by atoms with Crippen molar-refractivity contribution in [1.82, 2.24) is 4.90 Å². The molecule has 0 aromatic rings. The van der Waals surface area contributed by atoms with Gasteiger partial charge >= 0.3 is 5.97 Å². The number of carboxylic acids is 1. The van der Waals surface area contributed by atoms with E-state index in [-0.39, 0.29) is 18.6 Å².